The number of thiocarbonyl (C=S) groups is 1. The Morgan fingerprint density at radius 3 is 2.24 bits per heavy atom. The molecule has 0 spiro atoms. The van der Waals surface area contributed by atoms with E-state index in [9.17, 15) is 13.2 Å². The lowest BCUT2D eigenvalue weighted by molar-refractivity contribution is -0.137. The highest BCUT2D eigenvalue weighted by molar-refractivity contribution is 7.80. The first-order valence-electron chi connectivity index (χ1n) is 12.0. The van der Waals surface area contributed by atoms with Crippen LogP contribution in [-0.4, -0.2) is 14.7 Å². The van der Waals surface area contributed by atoms with Crippen LogP contribution in [0.5, 0.6) is 0 Å². The summed E-state index contributed by atoms with van der Waals surface area (Å²) < 4.78 is 42.3. The van der Waals surface area contributed by atoms with E-state index in [0.29, 0.717) is 10.8 Å². The zero-order valence-corrected chi connectivity index (χ0v) is 21.8. The van der Waals surface area contributed by atoms with Crippen LogP contribution in [0.25, 0.3) is 5.69 Å². The van der Waals surface area contributed by atoms with E-state index in [4.69, 9.17) is 12.2 Å². The Hall–Kier alpha value is -3.65. The van der Waals surface area contributed by atoms with E-state index in [1.807, 2.05) is 56.5 Å². The van der Waals surface area contributed by atoms with Gasteiger partial charge in [-0.1, -0.05) is 18.2 Å². The number of alkyl halides is 3. The van der Waals surface area contributed by atoms with Gasteiger partial charge in [0, 0.05) is 29.0 Å². The van der Waals surface area contributed by atoms with Crippen LogP contribution >= 0.6 is 12.2 Å². The minimum Gasteiger partial charge on any atom is -0.351 e. The molecule has 0 saturated carbocycles. The first-order valence-corrected chi connectivity index (χ1v) is 12.4. The van der Waals surface area contributed by atoms with Gasteiger partial charge in [0.1, 0.15) is 0 Å². The zero-order chi connectivity index (χ0) is 26.5. The lowest BCUT2D eigenvalue weighted by atomic mass is 9.96. The fourth-order valence-corrected chi connectivity index (χ4v) is 5.69. The molecule has 5 rings (SSSR count). The number of nitrogens with one attached hydrogen (secondary N) is 1. The van der Waals surface area contributed by atoms with Gasteiger partial charge in [-0.3, -0.25) is 4.98 Å². The van der Waals surface area contributed by atoms with Crippen molar-refractivity contribution < 1.29 is 13.2 Å². The number of hydrogen-bond acceptors (Lipinski definition) is 2. The maximum absolute atomic E-state index is 13.5. The summed E-state index contributed by atoms with van der Waals surface area (Å²) in [6.45, 7) is 7.95. The predicted molar refractivity (Wildman–Crippen MR) is 144 cm³/mol. The third kappa shape index (κ3) is 4.62. The molecule has 1 fully saturated rings. The van der Waals surface area contributed by atoms with Crippen LogP contribution in [0.3, 0.4) is 0 Å². The molecule has 2 aromatic heterocycles. The maximum Gasteiger partial charge on any atom is 0.416 e. The van der Waals surface area contributed by atoms with Gasteiger partial charge in [0.2, 0.25) is 0 Å². The maximum atomic E-state index is 13.5. The molecule has 190 valence electrons. The molecule has 8 heteroatoms. The number of aromatic nitrogens is 2. The molecule has 1 aliphatic heterocycles. The third-order valence-corrected chi connectivity index (χ3v) is 7.12. The van der Waals surface area contributed by atoms with E-state index in [1.165, 1.54) is 12.1 Å². The Morgan fingerprint density at radius 2 is 1.59 bits per heavy atom. The Balaban J connectivity index is 1.69. The quantitative estimate of drug-likeness (QED) is 0.286. The largest absolute Gasteiger partial charge is 0.416 e. The molecule has 1 aliphatic rings. The highest BCUT2D eigenvalue weighted by Gasteiger charge is 2.42. The average molecular weight is 521 g/mol. The highest BCUT2D eigenvalue weighted by atomic mass is 32.1. The normalized spacial score (nSPS) is 17.8. The van der Waals surface area contributed by atoms with E-state index in [0.717, 1.165) is 45.5 Å². The summed E-state index contributed by atoms with van der Waals surface area (Å²) >= 11 is 5.85. The van der Waals surface area contributed by atoms with Gasteiger partial charge in [0.15, 0.2) is 5.11 Å². The van der Waals surface area contributed by atoms with Crippen LogP contribution in [0.1, 0.15) is 51.4 Å². The molecule has 4 aromatic rings. The zero-order valence-electron chi connectivity index (χ0n) is 21.0. The number of anilines is 1. The second-order valence-electron chi connectivity index (χ2n) is 9.55. The van der Waals surface area contributed by atoms with Gasteiger partial charge in [-0.25, -0.2) is 0 Å². The molecule has 0 aliphatic carbocycles. The third-order valence-electron chi connectivity index (χ3n) is 6.80. The average Bonchev–Trinajstić information content (AvgIpc) is 3.33. The first-order chi connectivity index (χ1) is 17.5. The Bertz CT molecular complexity index is 1460. The van der Waals surface area contributed by atoms with Gasteiger partial charge in [-0.15, -0.1) is 0 Å². The fraction of sp³-hybridized carbons (Fsp3) is 0.241. The Kier molecular flexibility index (Phi) is 6.31. The van der Waals surface area contributed by atoms with Gasteiger partial charge < -0.3 is 14.8 Å². The molecule has 0 amide bonds. The van der Waals surface area contributed by atoms with Crippen LogP contribution in [0.4, 0.5) is 18.9 Å². The minimum atomic E-state index is -4.42. The molecular formula is C29H27F3N4S. The molecule has 2 atom stereocenters. The van der Waals surface area contributed by atoms with Crippen molar-refractivity contribution in [2.24, 2.45) is 0 Å². The van der Waals surface area contributed by atoms with E-state index in [2.05, 4.69) is 33.4 Å². The van der Waals surface area contributed by atoms with Gasteiger partial charge >= 0.3 is 6.18 Å². The molecule has 4 nitrogen and oxygen atoms in total. The molecule has 0 radical (unpaired) electrons. The lowest BCUT2D eigenvalue weighted by Crippen LogP contribution is -2.29. The summed E-state index contributed by atoms with van der Waals surface area (Å²) in [6.07, 6.45) is -2.66. The molecule has 0 unspecified atom stereocenters. The van der Waals surface area contributed by atoms with E-state index < -0.39 is 11.7 Å². The number of rotatable bonds is 4. The van der Waals surface area contributed by atoms with E-state index in [-0.39, 0.29) is 12.1 Å². The predicted octanol–water partition coefficient (Wildman–Crippen LogP) is 7.30. The number of halogens is 3. The van der Waals surface area contributed by atoms with Crippen molar-refractivity contribution in [2.45, 2.75) is 46.0 Å². The van der Waals surface area contributed by atoms with Crippen LogP contribution in [0, 0.1) is 27.7 Å². The minimum absolute atomic E-state index is 0.245. The molecule has 1 saturated heterocycles. The molecular weight excluding hydrogens is 493 g/mol. The van der Waals surface area contributed by atoms with Crippen LogP contribution < -0.4 is 10.2 Å². The monoisotopic (exact) mass is 520 g/mol. The van der Waals surface area contributed by atoms with E-state index >= 15 is 0 Å². The number of pyridine rings is 1. The van der Waals surface area contributed by atoms with Gasteiger partial charge in [0.25, 0.3) is 0 Å². The second kappa shape index (κ2) is 9.34. The van der Waals surface area contributed by atoms with Crippen molar-refractivity contribution in [3.05, 3.63) is 112 Å². The number of aryl methyl sites for hydroxylation is 3. The highest BCUT2D eigenvalue weighted by Crippen LogP contribution is 2.44. The molecule has 1 N–H and O–H groups in total. The van der Waals surface area contributed by atoms with Crippen LogP contribution in [0.15, 0.2) is 72.9 Å². The molecule has 0 bridgehead atoms. The summed E-state index contributed by atoms with van der Waals surface area (Å²) in [5.41, 5.74) is 6.49. The summed E-state index contributed by atoms with van der Waals surface area (Å²) in [4.78, 5) is 6.71. The molecule has 2 aromatic carbocycles. The van der Waals surface area contributed by atoms with Crippen molar-refractivity contribution in [1.29, 1.82) is 0 Å². The van der Waals surface area contributed by atoms with Crippen LogP contribution in [0.2, 0.25) is 0 Å². The topological polar surface area (TPSA) is 33.1 Å². The van der Waals surface area contributed by atoms with Crippen molar-refractivity contribution in [3.8, 4) is 5.69 Å². The summed E-state index contributed by atoms with van der Waals surface area (Å²) in [6, 6.07) is 19.1. The SMILES string of the molecule is Cc1cc(C)cc(N2C(=S)N[C@H](c3ccccn3)[C@@H]2c2cc(C)n(-c3cccc(C(F)(F)F)c3)c2C)c1. The van der Waals surface area contributed by atoms with Crippen LogP contribution in [-0.2, 0) is 6.18 Å². The number of hydrogen-bond donors (Lipinski definition) is 1. The van der Waals surface area contributed by atoms with Crippen molar-refractivity contribution in [2.75, 3.05) is 4.90 Å². The molecule has 3 heterocycles. The van der Waals surface area contributed by atoms with Gasteiger partial charge in [0.05, 0.1) is 23.3 Å². The Labute approximate surface area is 219 Å². The number of nitrogens with zero attached hydrogens (tertiary/aromatic N) is 3. The Morgan fingerprint density at radius 1 is 0.865 bits per heavy atom. The second-order valence-corrected chi connectivity index (χ2v) is 9.94. The van der Waals surface area contributed by atoms with Crippen molar-refractivity contribution in [3.63, 3.8) is 0 Å². The first kappa shape index (κ1) is 25.0. The van der Waals surface area contributed by atoms with Gasteiger partial charge in [-0.05, 0) is 105 Å². The molecule has 37 heavy (non-hydrogen) atoms. The summed E-state index contributed by atoms with van der Waals surface area (Å²) in [5, 5.41) is 4.05. The summed E-state index contributed by atoms with van der Waals surface area (Å²) in [7, 11) is 0. The van der Waals surface area contributed by atoms with E-state index in [1.54, 1.807) is 12.3 Å². The van der Waals surface area contributed by atoms with Crippen molar-refractivity contribution >= 4 is 23.0 Å². The van der Waals surface area contributed by atoms with Crippen molar-refractivity contribution in [1.82, 2.24) is 14.9 Å². The number of benzene rings is 2. The summed E-state index contributed by atoms with van der Waals surface area (Å²) in [5.74, 6) is 0. The fourth-order valence-electron chi connectivity index (χ4n) is 5.34. The standard InChI is InChI=1S/C29H27F3N4S/c1-17-12-18(2)14-23(13-17)36-27(26(34-28(36)37)25-10-5-6-11-33-25)24-15-19(3)35(20(24)4)22-9-7-8-21(16-22)29(30,31)32/h5-16,26-27H,1-4H3,(H,34,37)/t26-,27+/m1/s1. The lowest BCUT2D eigenvalue weighted by Gasteiger charge is -2.29. The van der Waals surface area contributed by atoms with Gasteiger partial charge in [-0.2, -0.15) is 13.2 Å². The smallest absolute Gasteiger partial charge is 0.351 e.